The molecule has 0 bridgehead atoms. The zero-order valence-electron chi connectivity index (χ0n) is 17.4. The van der Waals surface area contributed by atoms with Gasteiger partial charge in [0.25, 0.3) is 0 Å². The van der Waals surface area contributed by atoms with Crippen LogP contribution in [0.4, 0.5) is 24.7 Å². The molecule has 1 amide bonds. The highest BCUT2D eigenvalue weighted by atomic mass is 19.4. The fourth-order valence-electron chi connectivity index (χ4n) is 3.09. The molecule has 0 spiro atoms. The predicted octanol–water partition coefficient (Wildman–Crippen LogP) is 4.91. The molecule has 1 heterocycles. The van der Waals surface area contributed by atoms with Gasteiger partial charge in [-0.15, -0.1) is 0 Å². The first-order valence-corrected chi connectivity index (χ1v) is 9.83. The van der Waals surface area contributed by atoms with E-state index in [1.807, 2.05) is 36.2 Å². The summed E-state index contributed by atoms with van der Waals surface area (Å²) >= 11 is 0. The molecule has 164 valence electrons. The van der Waals surface area contributed by atoms with Gasteiger partial charge in [-0.05, 0) is 54.4 Å². The molecule has 0 atom stereocenters. The maximum absolute atomic E-state index is 12.6. The lowest BCUT2D eigenvalue weighted by Crippen LogP contribution is -2.22. The number of aryl methyl sites for hydroxylation is 1. The molecule has 1 N–H and O–H groups in total. The van der Waals surface area contributed by atoms with Crippen molar-refractivity contribution in [2.24, 2.45) is 0 Å². The van der Waals surface area contributed by atoms with Crippen LogP contribution in [0.1, 0.15) is 17.5 Å². The molecule has 0 aliphatic carbocycles. The van der Waals surface area contributed by atoms with E-state index >= 15 is 0 Å². The van der Waals surface area contributed by atoms with E-state index in [2.05, 4.69) is 10.3 Å². The number of amides is 1. The van der Waals surface area contributed by atoms with Crippen molar-refractivity contribution >= 4 is 28.3 Å². The quantitative estimate of drug-likeness (QED) is 0.551. The lowest BCUT2D eigenvalue weighted by atomic mass is 10.1. The van der Waals surface area contributed by atoms with Crippen LogP contribution in [0.15, 0.2) is 54.6 Å². The van der Waals surface area contributed by atoms with E-state index < -0.39 is 11.7 Å². The molecule has 3 aromatic rings. The number of nitrogens with one attached hydrogen (secondary N) is 1. The summed E-state index contributed by atoms with van der Waals surface area (Å²) in [4.78, 5) is 18.9. The summed E-state index contributed by atoms with van der Waals surface area (Å²) in [6, 6.07) is 14.2. The number of methoxy groups -OCH3 is 1. The fourth-order valence-corrected chi connectivity index (χ4v) is 3.09. The zero-order valence-corrected chi connectivity index (χ0v) is 17.4. The van der Waals surface area contributed by atoms with Gasteiger partial charge in [0.2, 0.25) is 5.91 Å². The number of aromatic nitrogens is 1. The number of carbonyl (C=O) groups is 1. The lowest BCUT2D eigenvalue weighted by molar-refractivity contribution is -0.137. The van der Waals surface area contributed by atoms with Gasteiger partial charge in [-0.1, -0.05) is 12.1 Å². The SMILES string of the molecule is COCCN(C)c1ccc2cc(NC(=O)CCc3ccc(C(F)(F)F)cc3)ccc2n1. The molecular weight excluding hydrogens is 407 g/mol. The summed E-state index contributed by atoms with van der Waals surface area (Å²) in [7, 11) is 3.60. The molecule has 3 rings (SSSR count). The van der Waals surface area contributed by atoms with Crippen molar-refractivity contribution in [2.45, 2.75) is 19.0 Å². The molecule has 0 radical (unpaired) electrons. The average Bonchev–Trinajstić information content (AvgIpc) is 2.75. The van der Waals surface area contributed by atoms with Crippen LogP contribution in [0.5, 0.6) is 0 Å². The number of nitrogens with zero attached hydrogens (tertiary/aromatic N) is 2. The van der Waals surface area contributed by atoms with Crippen LogP contribution in [0, 0.1) is 0 Å². The number of anilines is 2. The third-order valence-electron chi connectivity index (χ3n) is 4.90. The summed E-state index contributed by atoms with van der Waals surface area (Å²) in [5, 5.41) is 3.72. The number of carbonyl (C=O) groups excluding carboxylic acids is 1. The molecule has 0 aliphatic rings. The van der Waals surface area contributed by atoms with Gasteiger partial charge in [-0.2, -0.15) is 13.2 Å². The molecule has 0 unspecified atom stereocenters. The summed E-state index contributed by atoms with van der Waals surface area (Å²) in [5.41, 5.74) is 1.44. The van der Waals surface area contributed by atoms with Gasteiger partial charge in [0.15, 0.2) is 0 Å². The number of rotatable bonds is 8. The minimum absolute atomic E-state index is 0.172. The smallest absolute Gasteiger partial charge is 0.383 e. The number of hydrogen-bond acceptors (Lipinski definition) is 4. The maximum Gasteiger partial charge on any atom is 0.416 e. The molecule has 5 nitrogen and oxygen atoms in total. The van der Waals surface area contributed by atoms with Crippen LogP contribution in [0.25, 0.3) is 10.9 Å². The Hall–Kier alpha value is -3.13. The van der Waals surface area contributed by atoms with Crippen molar-refractivity contribution in [2.75, 3.05) is 37.5 Å². The third-order valence-corrected chi connectivity index (χ3v) is 4.90. The van der Waals surface area contributed by atoms with Crippen molar-refractivity contribution in [3.63, 3.8) is 0 Å². The normalized spacial score (nSPS) is 11.5. The Morgan fingerprint density at radius 2 is 1.84 bits per heavy atom. The Balaban J connectivity index is 1.59. The van der Waals surface area contributed by atoms with Gasteiger partial charge in [0, 0.05) is 38.2 Å². The summed E-state index contributed by atoms with van der Waals surface area (Å²) < 4.78 is 43.0. The number of ether oxygens (including phenoxy) is 1. The molecule has 0 saturated heterocycles. The van der Waals surface area contributed by atoms with E-state index in [0.717, 1.165) is 35.4 Å². The number of hydrogen-bond donors (Lipinski definition) is 1. The Morgan fingerprint density at radius 1 is 1.10 bits per heavy atom. The number of alkyl halides is 3. The number of fused-ring (bicyclic) bond motifs is 1. The highest BCUT2D eigenvalue weighted by molar-refractivity contribution is 5.94. The van der Waals surface area contributed by atoms with Crippen LogP contribution in [-0.4, -0.2) is 38.2 Å². The predicted molar refractivity (Wildman–Crippen MR) is 115 cm³/mol. The number of likely N-dealkylation sites (N-methyl/N-ethyl adjacent to an activating group) is 1. The Morgan fingerprint density at radius 3 is 2.52 bits per heavy atom. The molecule has 0 aliphatic heterocycles. The van der Waals surface area contributed by atoms with Gasteiger partial charge >= 0.3 is 6.18 Å². The number of halogens is 3. The standard InChI is InChI=1S/C23H24F3N3O2/c1-29(13-14-31-2)21-11-6-17-15-19(9-10-20(17)28-21)27-22(30)12-5-16-3-7-18(8-4-16)23(24,25)26/h3-4,6-11,15H,5,12-14H2,1-2H3,(H,27,30). The van der Waals surface area contributed by atoms with E-state index in [0.29, 0.717) is 24.3 Å². The fraction of sp³-hybridized carbons (Fsp3) is 0.304. The lowest BCUT2D eigenvalue weighted by Gasteiger charge is -2.18. The first kappa shape index (κ1) is 22.6. The zero-order chi connectivity index (χ0) is 22.4. The minimum atomic E-state index is -4.36. The van der Waals surface area contributed by atoms with Crippen molar-refractivity contribution in [1.82, 2.24) is 4.98 Å². The monoisotopic (exact) mass is 431 g/mol. The number of benzene rings is 2. The molecule has 2 aromatic carbocycles. The van der Waals surface area contributed by atoms with E-state index in [9.17, 15) is 18.0 Å². The minimum Gasteiger partial charge on any atom is -0.383 e. The number of pyridine rings is 1. The van der Waals surface area contributed by atoms with E-state index in [4.69, 9.17) is 4.74 Å². The second-order valence-corrected chi connectivity index (χ2v) is 7.23. The van der Waals surface area contributed by atoms with Gasteiger partial charge < -0.3 is 15.0 Å². The molecule has 1 aromatic heterocycles. The largest absolute Gasteiger partial charge is 0.416 e. The van der Waals surface area contributed by atoms with Crippen molar-refractivity contribution < 1.29 is 22.7 Å². The summed E-state index contributed by atoms with van der Waals surface area (Å²) in [5.74, 6) is 0.626. The van der Waals surface area contributed by atoms with Crippen LogP contribution in [0.3, 0.4) is 0 Å². The first-order chi connectivity index (χ1) is 14.8. The summed E-state index contributed by atoms with van der Waals surface area (Å²) in [6.07, 6.45) is -3.83. The van der Waals surface area contributed by atoms with Crippen LogP contribution in [0.2, 0.25) is 0 Å². The Labute approximate surface area is 178 Å². The van der Waals surface area contributed by atoms with E-state index in [1.54, 1.807) is 13.2 Å². The summed E-state index contributed by atoms with van der Waals surface area (Å²) in [6.45, 7) is 1.33. The van der Waals surface area contributed by atoms with Gasteiger partial charge in [-0.3, -0.25) is 4.79 Å². The van der Waals surface area contributed by atoms with E-state index in [-0.39, 0.29) is 12.3 Å². The van der Waals surface area contributed by atoms with Crippen molar-refractivity contribution in [3.8, 4) is 0 Å². The maximum atomic E-state index is 12.6. The van der Waals surface area contributed by atoms with Gasteiger partial charge in [0.1, 0.15) is 5.82 Å². The molecule has 31 heavy (non-hydrogen) atoms. The topological polar surface area (TPSA) is 54.5 Å². The van der Waals surface area contributed by atoms with E-state index in [1.165, 1.54) is 12.1 Å². The second kappa shape index (κ2) is 9.78. The molecule has 8 heteroatoms. The van der Waals surface area contributed by atoms with Crippen LogP contribution in [-0.2, 0) is 22.1 Å². The molecule has 0 fully saturated rings. The third kappa shape index (κ3) is 6.18. The second-order valence-electron chi connectivity index (χ2n) is 7.23. The Bertz CT molecular complexity index is 1040. The van der Waals surface area contributed by atoms with Gasteiger partial charge in [-0.25, -0.2) is 4.98 Å². The molecular formula is C23H24F3N3O2. The van der Waals surface area contributed by atoms with Crippen molar-refractivity contribution in [1.29, 1.82) is 0 Å². The highest BCUT2D eigenvalue weighted by Gasteiger charge is 2.29. The Kier molecular flexibility index (Phi) is 7.12. The average molecular weight is 431 g/mol. The van der Waals surface area contributed by atoms with Crippen molar-refractivity contribution in [3.05, 3.63) is 65.7 Å². The highest BCUT2D eigenvalue weighted by Crippen LogP contribution is 2.29. The molecule has 0 saturated carbocycles. The first-order valence-electron chi connectivity index (χ1n) is 9.83. The van der Waals surface area contributed by atoms with Gasteiger partial charge in [0.05, 0.1) is 17.7 Å². The van der Waals surface area contributed by atoms with Crippen LogP contribution >= 0.6 is 0 Å². The van der Waals surface area contributed by atoms with Crippen LogP contribution < -0.4 is 10.2 Å².